The number of esters is 1. The van der Waals surface area contributed by atoms with Gasteiger partial charge in [0.15, 0.2) is 6.29 Å². The average Bonchev–Trinajstić information content (AvgIpc) is 2.27. The highest BCUT2D eigenvalue weighted by Crippen LogP contribution is 2.26. The van der Waals surface area contributed by atoms with Crippen molar-refractivity contribution in [2.45, 2.75) is 47.1 Å². The molecular weight excluding hydrogens is 256 g/mol. The van der Waals surface area contributed by atoms with E-state index in [0.29, 0.717) is 0 Å². The highest BCUT2D eigenvalue weighted by molar-refractivity contribution is 6.84. The minimum absolute atomic E-state index is 0.245. The van der Waals surface area contributed by atoms with Crippen LogP contribution >= 0.6 is 0 Å². The van der Waals surface area contributed by atoms with E-state index >= 15 is 0 Å². The predicted molar refractivity (Wildman–Crippen MR) is 79.7 cm³/mol. The van der Waals surface area contributed by atoms with Crippen molar-refractivity contribution in [1.29, 1.82) is 0 Å². The third kappa shape index (κ3) is 4.80. The lowest BCUT2D eigenvalue weighted by Gasteiger charge is -2.36. The summed E-state index contributed by atoms with van der Waals surface area (Å²) < 4.78 is 11.5. The van der Waals surface area contributed by atoms with Crippen LogP contribution in [0.2, 0.25) is 13.1 Å². The van der Waals surface area contributed by atoms with Crippen molar-refractivity contribution >= 4 is 19.5 Å². The number of hydrogen-bond donors (Lipinski definition) is 0. The molecule has 0 spiro atoms. The van der Waals surface area contributed by atoms with Gasteiger partial charge in [-0.3, -0.25) is 4.79 Å². The molecule has 0 aliphatic heterocycles. The van der Waals surface area contributed by atoms with Gasteiger partial charge < -0.3 is 9.16 Å². The van der Waals surface area contributed by atoms with Gasteiger partial charge in [0.25, 0.3) is 0 Å². The zero-order valence-corrected chi connectivity index (χ0v) is 13.7. The first kappa shape index (κ1) is 15.9. The van der Waals surface area contributed by atoms with Gasteiger partial charge in [-0.1, -0.05) is 51.1 Å². The van der Waals surface area contributed by atoms with Crippen LogP contribution in [-0.4, -0.2) is 20.6 Å². The second-order valence-electron chi connectivity index (χ2n) is 6.30. The molecule has 0 radical (unpaired) electrons. The fourth-order valence-corrected chi connectivity index (χ4v) is 3.77. The average molecular weight is 280 g/mol. The molecule has 0 fully saturated rings. The summed E-state index contributed by atoms with van der Waals surface area (Å²) in [4.78, 5) is 11.2. The van der Waals surface area contributed by atoms with Crippen LogP contribution in [0.15, 0.2) is 30.3 Å². The number of carbonyl (C=O) groups excluding carboxylic acids is 1. The summed E-state index contributed by atoms with van der Waals surface area (Å²) >= 11 is 0. The molecule has 0 bridgehead atoms. The SMILES string of the molecule is CC(=O)OC(O[Si](C)(C)c1ccccc1)C(C)(C)C. The molecule has 1 atom stereocenters. The Morgan fingerprint density at radius 2 is 1.68 bits per heavy atom. The molecular formula is C15H24O3Si. The molecule has 0 saturated carbocycles. The zero-order valence-electron chi connectivity index (χ0n) is 12.7. The van der Waals surface area contributed by atoms with Crippen molar-refractivity contribution < 1.29 is 14.0 Å². The fraction of sp³-hybridized carbons (Fsp3) is 0.533. The minimum atomic E-state index is -2.10. The van der Waals surface area contributed by atoms with E-state index < -0.39 is 14.6 Å². The second kappa shape index (κ2) is 5.88. The molecule has 1 aromatic carbocycles. The molecule has 0 aromatic heterocycles. The number of benzene rings is 1. The molecule has 0 aliphatic rings. The Bertz CT molecular complexity index is 421. The van der Waals surface area contributed by atoms with E-state index in [-0.39, 0.29) is 11.4 Å². The molecule has 0 heterocycles. The van der Waals surface area contributed by atoms with Crippen LogP contribution in [0.5, 0.6) is 0 Å². The lowest BCUT2D eigenvalue weighted by Crippen LogP contribution is -2.51. The first-order chi connectivity index (χ1) is 8.63. The van der Waals surface area contributed by atoms with Gasteiger partial charge in [0, 0.05) is 12.3 Å². The van der Waals surface area contributed by atoms with E-state index in [4.69, 9.17) is 9.16 Å². The summed E-state index contributed by atoms with van der Waals surface area (Å²) in [6, 6.07) is 10.1. The van der Waals surface area contributed by atoms with Crippen molar-refractivity contribution in [3.8, 4) is 0 Å². The molecule has 0 aliphatic carbocycles. The number of carbonyl (C=O) groups is 1. The monoisotopic (exact) mass is 280 g/mol. The third-order valence-electron chi connectivity index (χ3n) is 2.85. The molecule has 106 valence electrons. The van der Waals surface area contributed by atoms with Crippen molar-refractivity contribution in [2.24, 2.45) is 5.41 Å². The Balaban J connectivity index is 2.92. The lowest BCUT2D eigenvalue weighted by atomic mass is 9.96. The van der Waals surface area contributed by atoms with E-state index in [1.807, 2.05) is 39.0 Å². The topological polar surface area (TPSA) is 35.5 Å². The lowest BCUT2D eigenvalue weighted by molar-refractivity contribution is -0.178. The van der Waals surface area contributed by atoms with Crippen molar-refractivity contribution in [3.05, 3.63) is 30.3 Å². The van der Waals surface area contributed by atoms with Crippen LogP contribution in [0.1, 0.15) is 27.7 Å². The Morgan fingerprint density at radius 3 is 2.11 bits per heavy atom. The molecule has 19 heavy (non-hydrogen) atoms. The second-order valence-corrected chi connectivity index (χ2v) is 10.1. The summed E-state index contributed by atoms with van der Waals surface area (Å²) in [5.74, 6) is -0.308. The first-order valence-corrected chi connectivity index (χ1v) is 9.44. The van der Waals surface area contributed by atoms with E-state index in [1.54, 1.807) is 0 Å². The molecule has 3 nitrogen and oxygen atoms in total. The largest absolute Gasteiger partial charge is 0.436 e. The number of hydrogen-bond acceptors (Lipinski definition) is 3. The van der Waals surface area contributed by atoms with Crippen LogP contribution in [0.4, 0.5) is 0 Å². The fourth-order valence-electron chi connectivity index (χ4n) is 1.70. The Labute approximate surface area is 117 Å². The van der Waals surface area contributed by atoms with Crippen LogP contribution < -0.4 is 5.19 Å². The summed E-state index contributed by atoms with van der Waals surface area (Å²) in [5, 5.41) is 1.19. The maximum absolute atomic E-state index is 11.2. The smallest absolute Gasteiger partial charge is 0.304 e. The van der Waals surface area contributed by atoms with E-state index in [1.165, 1.54) is 12.1 Å². The van der Waals surface area contributed by atoms with Crippen LogP contribution in [0.3, 0.4) is 0 Å². The van der Waals surface area contributed by atoms with Gasteiger partial charge in [0.05, 0.1) is 0 Å². The van der Waals surface area contributed by atoms with Gasteiger partial charge in [-0.25, -0.2) is 0 Å². The van der Waals surface area contributed by atoms with E-state index in [2.05, 4.69) is 25.2 Å². The molecule has 1 unspecified atom stereocenters. The van der Waals surface area contributed by atoms with Gasteiger partial charge in [-0.05, 0) is 18.3 Å². The quantitative estimate of drug-likeness (QED) is 0.483. The van der Waals surface area contributed by atoms with Crippen LogP contribution in [-0.2, 0) is 14.0 Å². The van der Waals surface area contributed by atoms with Crippen molar-refractivity contribution in [3.63, 3.8) is 0 Å². The highest BCUT2D eigenvalue weighted by atomic mass is 28.4. The maximum atomic E-state index is 11.2. The predicted octanol–water partition coefficient (Wildman–Crippen LogP) is 3.05. The summed E-state index contributed by atoms with van der Waals surface area (Å²) in [7, 11) is -2.10. The molecule has 1 rings (SSSR count). The Hall–Kier alpha value is -1.13. The third-order valence-corrected chi connectivity index (χ3v) is 5.38. The molecule has 4 heteroatoms. The first-order valence-electron chi connectivity index (χ1n) is 6.53. The molecule has 0 N–H and O–H groups in total. The zero-order chi connectivity index (χ0) is 14.7. The Kier molecular flexibility index (Phi) is 4.93. The van der Waals surface area contributed by atoms with Gasteiger partial charge >= 0.3 is 5.97 Å². The number of rotatable bonds is 4. The van der Waals surface area contributed by atoms with E-state index in [0.717, 1.165) is 0 Å². The standard InChI is InChI=1S/C15H24O3Si/c1-12(16)17-14(15(2,3)4)18-19(5,6)13-10-8-7-9-11-13/h7-11,14H,1-6H3. The minimum Gasteiger partial charge on any atom is -0.436 e. The van der Waals surface area contributed by atoms with E-state index in [9.17, 15) is 4.79 Å². The van der Waals surface area contributed by atoms with Crippen LogP contribution in [0, 0.1) is 5.41 Å². The van der Waals surface area contributed by atoms with Gasteiger partial charge in [0.2, 0.25) is 8.32 Å². The molecule has 0 saturated heterocycles. The summed E-state index contributed by atoms with van der Waals surface area (Å²) in [5.41, 5.74) is -0.245. The summed E-state index contributed by atoms with van der Waals surface area (Å²) in [6.45, 7) is 11.7. The van der Waals surface area contributed by atoms with Gasteiger partial charge in [-0.2, -0.15) is 0 Å². The normalized spacial score (nSPS) is 14.0. The molecule has 1 aromatic rings. The van der Waals surface area contributed by atoms with Gasteiger partial charge in [0.1, 0.15) is 0 Å². The summed E-state index contributed by atoms with van der Waals surface area (Å²) in [6.07, 6.45) is -0.521. The molecule has 0 amide bonds. The number of ether oxygens (including phenoxy) is 1. The van der Waals surface area contributed by atoms with Gasteiger partial charge in [-0.15, -0.1) is 0 Å². The van der Waals surface area contributed by atoms with Crippen LogP contribution in [0.25, 0.3) is 0 Å². The highest BCUT2D eigenvalue weighted by Gasteiger charge is 2.36. The maximum Gasteiger partial charge on any atom is 0.304 e. The van der Waals surface area contributed by atoms with Crippen molar-refractivity contribution in [2.75, 3.05) is 0 Å². The van der Waals surface area contributed by atoms with Crippen molar-refractivity contribution in [1.82, 2.24) is 0 Å². The Morgan fingerprint density at radius 1 is 1.16 bits per heavy atom.